The molecule has 6 heteroatoms. The zero-order valence-electron chi connectivity index (χ0n) is 12.7. The van der Waals surface area contributed by atoms with Crippen LogP contribution in [0.2, 0.25) is 0 Å². The Kier molecular flexibility index (Phi) is 4.74. The fraction of sp³-hybridized carbons (Fsp3) is 0.235. The lowest BCUT2D eigenvalue weighted by molar-refractivity contribution is -0.139. The third-order valence-corrected chi connectivity index (χ3v) is 3.63. The summed E-state index contributed by atoms with van der Waals surface area (Å²) < 4.78 is 18.0. The molecule has 0 amide bonds. The Morgan fingerprint density at radius 2 is 1.83 bits per heavy atom. The van der Waals surface area contributed by atoms with E-state index < -0.39 is 12.6 Å². The highest BCUT2D eigenvalue weighted by Crippen LogP contribution is 2.45. The molecular formula is C17H17FO5. The number of ether oxygens (including phenoxy) is 1. The number of phenolic OH excluding ortho intramolecular Hbond substituents is 2. The van der Waals surface area contributed by atoms with Crippen LogP contribution in [0.25, 0.3) is 0 Å². The Balaban J connectivity index is 2.45. The topological polar surface area (TPSA) is 87.0 Å². The van der Waals surface area contributed by atoms with Crippen molar-refractivity contribution in [3.8, 4) is 17.2 Å². The van der Waals surface area contributed by atoms with Gasteiger partial charge < -0.3 is 20.1 Å². The van der Waals surface area contributed by atoms with Gasteiger partial charge in [-0.25, -0.2) is 9.18 Å². The average Bonchev–Trinajstić information content (AvgIpc) is 2.50. The van der Waals surface area contributed by atoms with Gasteiger partial charge in [-0.1, -0.05) is 19.1 Å². The Labute approximate surface area is 132 Å². The molecule has 0 fully saturated rings. The summed E-state index contributed by atoms with van der Waals surface area (Å²) in [6, 6.07) is 7.42. The zero-order chi connectivity index (χ0) is 17.1. The number of benzene rings is 2. The van der Waals surface area contributed by atoms with E-state index in [1.54, 1.807) is 32.0 Å². The van der Waals surface area contributed by atoms with Crippen LogP contribution >= 0.6 is 0 Å². The fourth-order valence-corrected chi connectivity index (χ4v) is 2.32. The molecule has 1 unspecified atom stereocenters. The summed E-state index contributed by atoms with van der Waals surface area (Å²) in [5.74, 6) is -2.79. The highest BCUT2D eigenvalue weighted by Gasteiger charge is 2.22. The molecule has 0 aliphatic heterocycles. The lowest BCUT2D eigenvalue weighted by Gasteiger charge is -2.19. The number of carbonyl (C=O) groups is 1. The number of aryl methyl sites for hydroxylation is 1. The van der Waals surface area contributed by atoms with E-state index in [4.69, 9.17) is 9.84 Å². The maximum Gasteiger partial charge on any atom is 0.341 e. The number of phenols is 2. The fourth-order valence-electron chi connectivity index (χ4n) is 2.32. The van der Waals surface area contributed by atoms with Gasteiger partial charge in [0, 0.05) is 11.5 Å². The summed E-state index contributed by atoms with van der Waals surface area (Å²) in [6.07, 6.45) is 0. The number of carboxylic acids is 1. The van der Waals surface area contributed by atoms with Crippen LogP contribution in [-0.4, -0.2) is 27.9 Å². The highest BCUT2D eigenvalue weighted by molar-refractivity contribution is 5.69. The van der Waals surface area contributed by atoms with Crippen LogP contribution in [-0.2, 0) is 4.79 Å². The van der Waals surface area contributed by atoms with Gasteiger partial charge in [-0.05, 0) is 36.2 Å². The standard InChI is InChI=1S/C17H17FO5/c1-9-7-13(10(2)11-3-5-12(18)6-4-11)16(22)17(15(9)21)23-8-14(19)20/h3-7,10,21-22H,8H2,1-2H3,(H,19,20). The van der Waals surface area contributed by atoms with Crippen LogP contribution in [0.4, 0.5) is 4.39 Å². The maximum atomic E-state index is 13.0. The lowest BCUT2D eigenvalue weighted by atomic mass is 9.90. The van der Waals surface area contributed by atoms with Gasteiger partial charge in [0.1, 0.15) is 5.82 Å². The van der Waals surface area contributed by atoms with Gasteiger partial charge in [0.05, 0.1) is 0 Å². The molecule has 2 aromatic carbocycles. The molecule has 0 saturated carbocycles. The molecule has 23 heavy (non-hydrogen) atoms. The Hall–Kier alpha value is -2.76. The predicted molar refractivity (Wildman–Crippen MR) is 81.6 cm³/mol. The van der Waals surface area contributed by atoms with Gasteiger partial charge in [0.25, 0.3) is 0 Å². The molecular weight excluding hydrogens is 303 g/mol. The number of aliphatic carboxylic acids is 1. The Morgan fingerprint density at radius 3 is 2.39 bits per heavy atom. The summed E-state index contributed by atoms with van der Waals surface area (Å²) >= 11 is 0. The van der Waals surface area contributed by atoms with E-state index in [1.165, 1.54) is 12.1 Å². The van der Waals surface area contributed by atoms with Gasteiger partial charge in [-0.3, -0.25) is 0 Å². The lowest BCUT2D eigenvalue weighted by Crippen LogP contribution is -2.10. The largest absolute Gasteiger partial charge is 0.504 e. The molecule has 0 bridgehead atoms. The van der Waals surface area contributed by atoms with E-state index >= 15 is 0 Å². The van der Waals surface area contributed by atoms with Crippen LogP contribution in [0, 0.1) is 12.7 Å². The monoisotopic (exact) mass is 320 g/mol. The number of hydrogen-bond acceptors (Lipinski definition) is 4. The van der Waals surface area contributed by atoms with Crippen LogP contribution in [0.3, 0.4) is 0 Å². The molecule has 0 aliphatic rings. The van der Waals surface area contributed by atoms with Crippen molar-refractivity contribution in [2.45, 2.75) is 19.8 Å². The van der Waals surface area contributed by atoms with Crippen molar-refractivity contribution in [1.29, 1.82) is 0 Å². The van der Waals surface area contributed by atoms with Crippen molar-refractivity contribution < 1.29 is 29.2 Å². The summed E-state index contributed by atoms with van der Waals surface area (Å²) in [7, 11) is 0. The first-order valence-electron chi connectivity index (χ1n) is 6.96. The normalized spacial score (nSPS) is 12.0. The maximum absolute atomic E-state index is 13.0. The number of halogens is 1. The SMILES string of the molecule is Cc1cc(C(C)c2ccc(F)cc2)c(O)c(OCC(=O)O)c1O. The average molecular weight is 320 g/mol. The van der Waals surface area contributed by atoms with E-state index in [9.17, 15) is 19.4 Å². The van der Waals surface area contributed by atoms with Gasteiger partial charge in [-0.2, -0.15) is 0 Å². The van der Waals surface area contributed by atoms with E-state index in [-0.39, 0.29) is 29.0 Å². The van der Waals surface area contributed by atoms with Crippen molar-refractivity contribution >= 4 is 5.97 Å². The molecule has 122 valence electrons. The Bertz CT molecular complexity index is 725. The number of aromatic hydroxyl groups is 2. The minimum Gasteiger partial charge on any atom is -0.504 e. The van der Waals surface area contributed by atoms with Gasteiger partial charge >= 0.3 is 5.97 Å². The molecule has 2 aromatic rings. The van der Waals surface area contributed by atoms with E-state index in [2.05, 4.69) is 0 Å². The second-order valence-electron chi connectivity index (χ2n) is 5.26. The van der Waals surface area contributed by atoms with Crippen LogP contribution < -0.4 is 4.74 Å². The van der Waals surface area contributed by atoms with Crippen LogP contribution in [0.15, 0.2) is 30.3 Å². The molecule has 3 N–H and O–H groups in total. The van der Waals surface area contributed by atoms with E-state index in [0.717, 1.165) is 5.56 Å². The molecule has 0 heterocycles. The number of carboxylic acid groups (broad SMARTS) is 1. The third-order valence-electron chi connectivity index (χ3n) is 3.63. The van der Waals surface area contributed by atoms with Crippen molar-refractivity contribution in [3.05, 3.63) is 52.8 Å². The third kappa shape index (κ3) is 3.53. The first kappa shape index (κ1) is 16.6. The second kappa shape index (κ2) is 6.56. The molecule has 0 radical (unpaired) electrons. The summed E-state index contributed by atoms with van der Waals surface area (Å²) in [5, 5.41) is 29.0. The van der Waals surface area contributed by atoms with Crippen molar-refractivity contribution in [1.82, 2.24) is 0 Å². The van der Waals surface area contributed by atoms with Crippen molar-refractivity contribution in [2.75, 3.05) is 6.61 Å². The van der Waals surface area contributed by atoms with Gasteiger partial charge in [-0.15, -0.1) is 0 Å². The van der Waals surface area contributed by atoms with Crippen LogP contribution in [0.1, 0.15) is 29.5 Å². The van der Waals surface area contributed by atoms with Gasteiger partial charge in [0.15, 0.2) is 18.1 Å². The van der Waals surface area contributed by atoms with Gasteiger partial charge in [0.2, 0.25) is 5.75 Å². The first-order valence-corrected chi connectivity index (χ1v) is 6.96. The zero-order valence-corrected chi connectivity index (χ0v) is 12.7. The summed E-state index contributed by atoms with van der Waals surface area (Å²) in [5.41, 5.74) is 1.65. The molecule has 0 aliphatic carbocycles. The molecule has 1 atom stereocenters. The Morgan fingerprint density at radius 1 is 1.22 bits per heavy atom. The summed E-state index contributed by atoms with van der Waals surface area (Å²) in [6.45, 7) is 2.73. The highest BCUT2D eigenvalue weighted by atomic mass is 19.1. The summed E-state index contributed by atoms with van der Waals surface area (Å²) in [4.78, 5) is 10.6. The quantitative estimate of drug-likeness (QED) is 0.788. The minimum absolute atomic E-state index is 0.267. The molecule has 0 spiro atoms. The number of rotatable bonds is 5. The second-order valence-corrected chi connectivity index (χ2v) is 5.26. The van der Waals surface area contributed by atoms with Crippen molar-refractivity contribution in [3.63, 3.8) is 0 Å². The first-order chi connectivity index (χ1) is 10.8. The number of hydrogen-bond donors (Lipinski definition) is 3. The smallest absolute Gasteiger partial charge is 0.341 e. The molecule has 5 nitrogen and oxygen atoms in total. The van der Waals surface area contributed by atoms with Crippen LogP contribution in [0.5, 0.6) is 17.2 Å². The van der Waals surface area contributed by atoms with E-state index in [0.29, 0.717) is 11.1 Å². The van der Waals surface area contributed by atoms with Crippen molar-refractivity contribution in [2.24, 2.45) is 0 Å². The molecule has 0 aromatic heterocycles. The minimum atomic E-state index is -1.22. The molecule has 2 rings (SSSR count). The predicted octanol–water partition coefficient (Wildman–Crippen LogP) is 3.16. The molecule has 0 saturated heterocycles. The van der Waals surface area contributed by atoms with E-state index in [1.807, 2.05) is 0 Å².